The summed E-state index contributed by atoms with van der Waals surface area (Å²) < 4.78 is 5.73. The van der Waals surface area contributed by atoms with E-state index in [2.05, 4.69) is 19.9 Å². The molecule has 0 bridgehead atoms. The van der Waals surface area contributed by atoms with Crippen molar-refractivity contribution >= 4 is 11.8 Å². The molecular formula is C21H32N6O2. The number of azide groups is 1. The fourth-order valence-electron chi connectivity index (χ4n) is 3.89. The van der Waals surface area contributed by atoms with Crippen molar-refractivity contribution in [3.8, 4) is 0 Å². The highest BCUT2D eigenvalue weighted by molar-refractivity contribution is 5.69. The van der Waals surface area contributed by atoms with Crippen LogP contribution in [0.2, 0.25) is 0 Å². The second-order valence-corrected chi connectivity index (χ2v) is 9.07. The number of aromatic nitrogens is 1. The summed E-state index contributed by atoms with van der Waals surface area (Å²) in [5, 5.41) is 3.56. The highest BCUT2D eigenvalue weighted by Crippen LogP contribution is 2.30. The molecule has 0 radical (unpaired) electrons. The third-order valence-electron chi connectivity index (χ3n) is 5.62. The van der Waals surface area contributed by atoms with Gasteiger partial charge in [0.25, 0.3) is 0 Å². The summed E-state index contributed by atoms with van der Waals surface area (Å²) in [4.78, 5) is 24.4. The van der Waals surface area contributed by atoms with Gasteiger partial charge in [-0.3, -0.25) is 4.98 Å². The van der Waals surface area contributed by atoms with E-state index < -0.39 is 5.60 Å². The molecule has 158 valence electrons. The molecular weight excluding hydrogens is 368 g/mol. The molecule has 29 heavy (non-hydrogen) atoms. The molecule has 2 heterocycles. The van der Waals surface area contributed by atoms with Gasteiger partial charge in [0.2, 0.25) is 0 Å². The number of piperidine rings is 1. The Bertz CT molecular complexity index is 735. The molecule has 1 saturated carbocycles. The molecule has 8 nitrogen and oxygen atoms in total. The van der Waals surface area contributed by atoms with Crippen LogP contribution in [0.15, 0.2) is 23.4 Å². The van der Waals surface area contributed by atoms with Gasteiger partial charge in [-0.1, -0.05) is 11.5 Å². The molecule has 1 aliphatic heterocycles. The Balaban J connectivity index is 1.69. The van der Waals surface area contributed by atoms with Crippen molar-refractivity contribution < 1.29 is 9.53 Å². The van der Waals surface area contributed by atoms with Gasteiger partial charge in [0, 0.05) is 30.2 Å². The lowest BCUT2D eigenvalue weighted by molar-refractivity contribution is 0.00736. The summed E-state index contributed by atoms with van der Waals surface area (Å²) in [6.07, 6.45) is 7.31. The van der Waals surface area contributed by atoms with Gasteiger partial charge < -0.3 is 14.5 Å². The van der Waals surface area contributed by atoms with Crippen molar-refractivity contribution in [2.24, 2.45) is 11.0 Å². The van der Waals surface area contributed by atoms with Crippen LogP contribution in [0.4, 0.5) is 10.5 Å². The minimum Gasteiger partial charge on any atom is -0.444 e. The topological polar surface area (TPSA) is 94.4 Å². The summed E-state index contributed by atoms with van der Waals surface area (Å²) in [6.45, 7) is 8.53. The molecule has 8 heteroatoms. The van der Waals surface area contributed by atoms with E-state index in [9.17, 15) is 4.79 Å². The predicted molar refractivity (Wildman–Crippen MR) is 113 cm³/mol. The first kappa shape index (κ1) is 21.2. The number of pyridine rings is 1. The van der Waals surface area contributed by atoms with Gasteiger partial charge >= 0.3 is 6.09 Å². The fourth-order valence-corrected chi connectivity index (χ4v) is 3.89. The number of rotatable bonds is 6. The van der Waals surface area contributed by atoms with Crippen molar-refractivity contribution in [3.63, 3.8) is 0 Å². The maximum absolute atomic E-state index is 13.0. The maximum Gasteiger partial charge on any atom is 0.410 e. The van der Waals surface area contributed by atoms with Crippen LogP contribution in [0, 0.1) is 5.92 Å². The normalized spacial score (nSPS) is 19.8. The van der Waals surface area contributed by atoms with Crippen LogP contribution >= 0.6 is 0 Å². The number of hydrogen-bond acceptors (Lipinski definition) is 5. The lowest BCUT2D eigenvalue weighted by Gasteiger charge is -2.43. The van der Waals surface area contributed by atoms with Crippen LogP contribution in [0.5, 0.6) is 0 Å². The molecule has 1 aromatic heterocycles. The van der Waals surface area contributed by atoms with E-state index in [1.807, 2.05) is 44.0 Å². The van der Waals surface area contributed by atoms with Crippen LogP contribution in [0.1, 0.15) is 58.6 Å². The Morgan fingerprint density at radius 3 is 2.72 bits per heavy atom. The van der Waals surface area contributed by atoms with Gasteiger partial charge in [0.15, 0.2) is 0 Å². The standard InChI is InChI=1S/C21H32N6O2/c1-21(2,3)29-20(28)27(14-16-6-4-7-16)19-8-5-11-26(15-19)18-10-9-17(23-13-18)12-24-25-22/h9-10,13,16,19H,4-8,11-12,14-15H2,1-3H3/t19-/m1/s1. The molecule has 1 atom stereocenters. The van der Waals surface area contributed by atoms with Crippen molar-refractivity contribution in [2.75, 3.05) is 24.5 Å². The Morgan fingerprint density at radius 2 is 2.14 bits per heavy atom. The number of nitrogens with zero attached hydrogens (tertiary/aromatic N) is 6. The number of carbonyl (C=O) groups is 1. The lowest BCUT2D eigenvalue weighted by atomic mass is 9.84. The molecule has 0 N–H and O–H groups in total. The summed E-state index contributed by atoms with van der Waals surface area (Å²) in [6, 6.07) is 4.05. The fraction of sp³-hybridized carbons (Fsp3) is 0.714. The minimum absolute atomic E-state index is 0.141. The van der Waals surface area contributed by atoms with E-state index in [1.165, 1.54) is 19.3 Å². The molecule has 1 aliphatic carbocycles. The quantitative estimate of drug-likeness (QED) is 0.385. The molecule has 0 spiro atoms. The van der Waals surface area contributed by atoms with Gasteiger partial charge in [-0.15, -0.1) is 0 Å². The van der Waals surface area contributed by atoms with E-state index in [1.54, 1.807) is 0 Å². The summed E-state index contributed by atoms with van der Waals surface area (Å²) in [5.74, 6) is 0.597. The van der Waals surface area contributed by atoms with Gasteiger partial charge in [0.05, 0.1) is 24.5 Å². The van der Waals surface area contributed by atoms with Gasteiger partial charge in [-0.05, 0) is 70.0 Å². The Labute approximate surface area is 172 Å². The average Bonchev–Trinajstić information content (AvgIpc) is 2.64. The van der Waals surface area contributed by atoms with Crippen molar-refractivity contribution in [2.45, 2.75) is 71.1 Å². The van der Waals surface area contributed by atoms with Crippen LogP contribution in [0.3, 0.4) is 0 Å². The predicted octanol–water partition coefficient (Wildman–Crippen LogP) is 4.90. The molecule has 0 aromatic carbocycles. The first-order valence-corrected chi connectivity index (χ1v) is 10.6. The zero-order valence-electron chi connectivity index (χ0n) is 17.8. The number of hydrogen-bond donors (Lipinski definition) is 0. The second-order valence-electron chi connectivity index (χ2n) is 9.07. The van der Waals surface area contributed by atoms with Crippen LogP contribution < -0.4 is 4.90 Å². The van der Waals surface area contributed by atoms with Crippen LogP contribution in [-0.4, -0.2) is 47.3 Å². The van der Waals surface area contributed by atoms with Crippen molar-refractivity contribution in [3.05, 3.63) is 34.5 Å². The Kier molecular flexibility index (Phi) is 6.85. The SMILES string of the molecule is CC(C)(C)OC(=O)N(CC1CCC1)[C@@H]1CCCN(c2ccc(CN=[N+]=[N-])nc2)C1. The van der Waals surface area contributed by atoms with Gasteiger partial charge in [-0.2, -0.15) is 0 Å². The first-order valence-electron chi connectivity index (χ1n) is 10.6. The molecule has 1 saturated heterocycles. The molecule has 0 unspecified atom stereocenters. The zero-order chi connectivity index (χ0) is 20.9. The van der Waals surface area contributed by atoms with E-state index >= 15 is 0 Å². The van der Waals surface area contributed by atoms with E-state index in [0.29, 0.717) is 5.92 Å². The molecule has 1 aromatic rings. The largest absolute Gasteiger partial charge is 0.444 e. The number of carbonyl (C=O) groups excluding carboxylic acids is 1. The van der Waals surface area contributed by atoms with Gasteiger partial charge in [-0.25, -0.2) is 4.79 Å². The lowest BCUT2D eigenvalue weighted by Crippen LogP contribution is -2.53. The monoisotopic (exact) mass is 400 g/mol. The molecule has 2 fully saturated rings. The third kappa shape index (κ3) is 6.00. The average molecular weight is 401 g/mol. The minimum atomic E-state index is -0.491. The number of ether oxygens (including phenoxy) is 1. The molecule has 2 aliphatic rings. The second kappa shape index (κ2) is 9.35. The summed E-state index contributed by atoms with van der Waals surface area (Å²) in [7, 11) is 0. The molecule has 1 amide bonds. The number of anilines is 1. The van der Waals surface area contributed by atoms with Crippen molar-refractivity contribution in [1.82, 2.24) is 9.88 Å². The summed E-state index contributed by atoms with van der Waals surface area (Å²) in [5.41, 5.74) is 9.74. The molecule has 3 rings (SSSR count). The zero-order valence-corrected chi connectivity index (χ0v) is 17.8. The summed E-state index contributed by atoms with van der Waals surface area (Å²) >= 11 is 0. The van der Waals surface area contributed by atoms with Gasteiger partial charge in [0.1, 0.15) is 5.60 Å². The highest BCUT2D eigenvalue weighted by Gasteiger charge is 2.34. The van der Waals surface area contributed by atoms with E-state index in [-0.39, 0.29) is 18.7 Å². The Hall–Kier alpha value is -2.47. The van der Waals surface area contributed by atoms with E-state index in [0.717, 1.165) is 43.9 Å². The van der Waals surface area contributed by atoms with Crippen molar-refractivity contribution in [1.29, 1.82) is 0 Å². The third-order valence-corrected chi connectivity index (χ3v) is 5.62. The Morgan fingerprint density at radius 1 is 1.34 bits per heavy atom. The van der Waals surface area contributed by atoms with Crippen LogP contribution in [-0.2, 0) is 11.3 Å². The first-order chi connectivity index (χ1) is 13.9. The number of amides is 1. The smallest absolute Gasteiger partial charge is 0.410 e. The van der Waals surface area contributed by atoms with E-state index in [4.69, 9.17) is 10.3 Å². The van der Waals surface area contributed by atoms with Crippen LogP contribution in [0.25, 0.3) is 10.4 Å². The highest BCUT2D eigenvalue weighted by atomic mass is 16.6. The maximum atomic E-state index is 13.0.